The van der Waals surface area contributed by atoms with E-state index in [1.54, 1.807) is 0 Å². The molecule has 0 spiro atoms. The third-order valence-corrected chi connectivity index (χ3v) is 5.42. The van der Waals surface area contributed by atoms with Crippen molar-refractivity contribution in [2.75, 3.05) is 0 Å². The van der Waals surface area contributed by atoms with E-state index >= 15 is 0 Å². The molecular weight excluding hydrogens is 348 g/mol. The number of rotatable bonds is 5. The molecule has 26 heavy (non-hydrogen) atoms. The number of hydrogen-bond donors (Lipinski definition) is 0. The Balaban J connectivity index is 2.05. The number of hydrogen-bond acceptors (Lipinski definition) is 5. The molecule has 0 amide bonds. The maximum absolute atomic E-state index is 13.0. The molecule has 1 unspecified atom stereocenters. The van der Waals surface area contributed by atoms with Crippen molar-refractivity contribution in [1.82, 2.24) is 9.55 Å². The SMILES string of the molecule is CCC(C)OC(=O)Cn1cnc2sc(C)c(-c3ccc(C)cc3)c2c1=O. The number of aryl methyl sites for hydroxylation is 2. The summed E-state index contributed by atoms with van der Waals surface area (Å²) in [6.07, 6.45) is 2.00. The van der Waals surface area contributed by atoms with Gasteiger partial charge in [0.05, 0.1) is 17.8 Å². The largest absolute Gasteiger partial charge is 0.461 e. The molecule has 0 saturated carbocycles. The van der Waals surface area contributed by atoms with Crippen LogP contribution in [0, 0.1) is 13.8 Å². The van der Waals surface area contributed by atoms with Gasteiger partial charge < -0.3 is 4.74 Å². The van der Waals surface area contributed by atoms with Crippen molar-refractivity contribution in [1.29, 1.82) is 0 Å². The Hall–Kier alpha value is -2.47. The fourth-order valence-corrected chi connectivity index (χ4v) is 3.81. The van der Waals surface area contributed by atoms with Crippen LogP contribution in [0.4, 0.5) is 0 Å². The molecular formula is C20H22N2O3S. The second-order valence-electron chi connectivity index (χ2n) is 6.47. The van der Waals surface area contributed by atoms with Gasteiger partial charge in [-0.1, -0.05) is 36.8 Å². The first-order chi connectivity index (χ1) is 12.4. The Labute approximate surface area is 156 Å². The lowest BCUT2D eigenvalue weighted by Gasteiger charge is -2.11. The van der Waals surface area contributed by atoms with Gasteiger partial charge in [-0.05, 0) is 32.8 Å². The van der Waals surface area contributed by atoms with Gasteiger partial charge in [-0.3, -0.25) is 14.2 Å². The van der Waals surface area contributed by atoms with Gasteiger partial charge in [0.2, 0.25) is 0 Å². The molecule has 0 fully saturated rings. The summed E-state index contributed by atoms with van der Waals surface area (Å²) >= 11 is 1.49. The second-order valence-corrected chi connectivity index (χ2v) is 7.67. The van der Waals surface area contributed by atoms with Gasteiger partial charge in [-0.25, -0.2) is 4.98 Å². The van der Waals surface area contributed by atoms with Crippen LogP contribution in [0.15, 0.2) is 35.4 Å². The summed E-state index contributed by atoms with van der Waals surface area (Å²) in [6, 6.07) is 8.07. The van der Waals surface area contributed by atoms with Crippen molar-refractivity contribution in [2.24, 2.45) is 0 Å². The number of ether oxygens (including phenoxy) is 1. The monoisotopic (exact) mass is 370 g/mol. The average Bonchev–Trinajstić information content (AvgIpc) is 2.95. The van der Waals surface area contributed by atoms with Crippen LogP contribution in [-0.4, -0.2) is 21.6 Å². The van der Waals surface area contributed by atoms with E-state index in [2.05, 4.69) is 4.98 Å². The minimum atomic E-state index is -0.425. The number of esters is 1. The topological polar surface area (TPSA) is 61.2 Å². The summed E-state index contributed by atoms with van der Waals surface area (Å²) in [4.78, 5) is 31.2. The molecule has 0 bridgehead atoms. The van der Waals surface area contributed by atoms with Gasteiger partial charge in [-0.15, -0.1) is 11.3 Å². The minimum Gasteiger partial charge on any atom is -0.461 e. The highest BCUT2D eigenvalue weighted by Crippen LogP contribution is 2.35. The van der Waals surface area contributed by atoms with Crippen molar-refractivity contribution in [3.05, 3.63) is 51.4 Å². The van der Waals surface area contributed by atoms with Crippen LogP contribution in [0.2, 0.25) is 0 Å². The zero-order valence-corrected chi connectivity index (χ0v) is 16.2. The number of thiophene rings is 1. The van der Waals surface area contributed by atoms with E-state index in [0.29, 0.717) is 10.2 Å². The van der Waals surface area contributed by atoms with Crippen molar-refractivity contribution in [3.8, 4) is 11.1 Å². The van der Waals surface area contributed by atoms with Crippen LogP contribution in [0.3, 0.4) is 0 Å². The van der Waals surface area contributed by atoms with E-state index in [1.807, 2.05) is 52.0 Å². The van der Waals surface area contributed by atoms with Gasteiger partial charge in [0.1, 0.15) is 11.4 Å². The molecule has 0 N–H and O–H groups in total. The molecule has 3 rings (SSSR count). The summed E-state index contributed by atoms with van der Waals surface area (Å²) in [5.41, 5.74) is 2.83. The van der Waals surface area contributed by atoms with Crippen LogP contribution in [0.5, 0.6) is 0 Å². The first kappa shape index (κ1) is 18.3. The quantitative estimate of drug-likeness (QED) is 0.635. The number of carbonyl (C=O) groups excluding carboxylic acids is 1. The molecule has 6 heteroatoms. The van der Waals surface area contributed by atoms with Crippen LogP contribution in [-0.2, 0) is 16.1 Å². The molecule has 1 atom stereocenters. The molecule has 0 radical (unpaired) electrons. The van der Waals surface area contributed by atoms with Crippen molar-refractivity contribution in [3.63, 3.8) is 0 Å². The van der Waals surface area contributed by atoms with Crippen LogP contribution >= 0.6 is 11.3 Å². The Bertz CT molecular complexity index is 1000. The summed E-state index contributed by atoms with van der Waals surface area (Å²) in [6.45, 7) is 7.66. The van der Waals surface area contributed by atoms with Crippen molar-refractivity contribution >= 4 is 27.5 Å². The number of carbonyl (C=O) groups is 1. The van der Waals surface area contributed by atoms with Gasteiger partial charge in [0.25, 0.3) is 5.56 Å². The number of fused-ring (bicyclic) bond motifs is 1. The zero-order valence-electron chi connectivity index (χ0n) is 15.4. The smallest absolute Gasteiger partial charge is 0.326 e. The fourth-order valence-electron chi connectivity index (χ4n) is 2.80. The zero-order chi connectivity index (χ0) is 18.8. The van der Waals surface area contributed by atoms with Gasteiger partial charge in [-0.2, -0.15) is 0 Å². The first-order valence-electron chi connectivity index (χ1n) is 8.65. The predicted molar refractivity (Wildman–Crippen MR) is 105 cm³/mol. The molecule has 0 aliphatic rings. The van der Waals surface area contributed by atoms with Gasteiger partial charge in [0, 0.05) is 10.4 Å². The maximum atomic E-state index is 13.0. The lowest BCUT2D eigenvalue weighted by molar-refractivity contribution is -0.149. The molecule has 2 aromatic heterocycles. The second kappa shape index (κ2) is 7.41. The lowest BCUT2D eigenvalue weighted by Crippen LogP contribution is -2.27. The fraction of sp³-hybridized carbons (Fsp3) is 0.350. The standard InChI is InChI=1S/C20H22N2O3S/c1-5-13(3)25-16(23)10-22-11-21-19-18(20(22)24)17(14(4)26-19)15-8-6-12(2)7-9-15/h6-9,11,13H,5,10H2,1-4H3. The normalized spacial score (nSPS) is 12.3. The minimum absolute atomic E-state index is 0.131. The molecule has 0 aliphatic carbocycles. The highest BCUT2D eigenvalue weighted by Gasteiger charge is 2.18. The molecule has 0 saturated heterocycles. The average molecular weight is 370 g/mol. The molecule has 3 aromatic rings. The Morgan fingerprint density at radius 1 is 1.27 bits per heavy atom. The number of aromatic nitrogens is 2. The molecule has 136 valence electrons. The Morgan fingerprint density at radius 3 is 2.62 bits per heavy atom. The van der Waals surface area contributed by atoms with E-state index < -0.39 is 5.97 Å². The summed E-state index contributed by atoms with van der Waals surface area (Å²) in [5, 5.41) is 0.565. The molecule has 1 aromatic carbocycles. The van der Waals surface area contributed by atoms with E-state index in [4.69, 9.17) is 4.74 Å². The van der Waals surface area contributed by atoms with Crippen LogP contribution in [0.1, 0.15) is 30.7 Å². The van der Waals surface area contributed by atoms with Crippen molar-refractivity contribution in [2.45, 2.75) is 46.8 Å². The Kier molecular flexibility index (Phi) is 5.23. The molecule has 5 nitrogen and oxygen atoms in total. The Morgan fingerprint density at radius 2 is 1.96 bits per heavy atom. The summed E-state index contributed by atoms with van der Waals surface area (Å²) in [7, 11) is 0. The van der Waals surface area contributed by atoms with E-state index in [0.717, 1.165) is 28.0 Å². The van der Waals surface area contributed by atoms with Crippen molar-refractivity contribution < 1.29 is 9.53 Å². The lowest BCUT2D eigenvalue weighted by atomic mass is 10.0. The van der Waals surface area contributed by atoms with E-state index in [1.165, 1.54) is 22.2 Å². The van der Waals surface area contributed by atoms with Crippen LogP contribution in [0.25, 0.3) is 21.3 Å². The summed E-state index contributed by atoms with van der Waals surface area (Å²) < 4.78 is 6.61. The molecule has 0 aliphatic heterocycles. The predicted octanol–water partition coefficient (Wildman–Crippen LogP) is 4.08. The summed E-state index contributed by atoms with van der Waals surface area (Å²) in [5.74, 6) is -0.425. The highest BCUT2D eigenvalue weighted by molar-refractivity contribution is 7.19. The van der Waals surface area contributed by atoms with Gasteiger partial charge >= 0.3 is 5.97 Å². The molecule has 2 heterocycles. The van der Waals surface area contributed by atoms with E-state index in [-0.39, 0.29) is 18.2 Å². The van der Waals surface area contributed by atoms with Gasteiger partial charge in [0.15, 0.2) is 0 Å². The first-order valence-corrected chi connectivity index (χ1v) is 9.47. The maximum Gasteiger partial charge on any atom is 0.326 e. The van der Waals surface area contributed by atoms with Crippen LogP contribution < -0.4 is 5.56 Å². The number of benzene rings is 1. The third kappa shape index (κ3) is 3.55. The van der Waals surface area contributed by atoms with E-state index in [9.17, 15) is 9.59 Å². The number of nitrogens with zero attached hydrogens (tertiary/aromatic N) is 2. The third-order valence-electron chi connectivity index (χ3n) is 4.40. The highest BCUT2D eigenvalue weighted by atomic mass is 32.1.